The monoisotopic (exact) mass is 550 g/mol. The third kappa shape index (κ3) is 8.56. The van der Waals surface area contributed by atoms with Crippen molar-refractivity contribution < 1.29 is 4.74 Å². The number of hydrogen-bond donors (Lipinski definition) is 2. The van der Waals surface area contributed by atoms with Gasteiger partial charge in [0.2, 0.25) is 0 Å². The van der Waals surface area contributed by atoms with E-state index in [-0.39, 0.29) is 21.9 Å². The van der Waals surface area contributed by atoms with Crippen LogP contribution in [0.3, 0.4) is 0 Å². The predicted molar refractivity (Wildman–Crippen MR) is 168 cm³/mol. The van der Waals surface area contributed by atoms with Crippen LogP contribution in [0.15, 0.2) is 36.7 Å². The van der Waals surface area contributed by atoms with Crippen LogP contribution in [0, 0.1) is 5.41 Å². The molecule has 2 aliphatic heterocycles. The first-order chi connectivity index (χ1) is 18.5. The van der Waals surface area contributed by atoms with E-state index in [2.05, 4.69) is 119 Å². The van der Waals surface area contributed by atoms with Gasteiger partial charge in [-0.2, -0.15) is 0 Å². The lowest BCUT2D eigenvalue weighted by Crippen LogP contribution is -2.63. The van der Waals surface area contributed by atoms with E-state index in [9.17, 15) is 0 Å². The molecule has 40 heavy (non-hydrogen) atoms. The van der Waals surface area contributed by atoms with Gasteiger partial charge in [0.1, 0.15) is 17.4 Å². The first kappa shape index (κ1) is 30.6. The molecule has 4 heterocycles. The van der Waals surface area contributed by atoms with Gasteiger partial charge in [-0.05, 0) is 82.1 Å². The second-order valence-corrected chi connectivity index (χ2v) is 15.6. The smallest absolute Gasteiger partial charge is 0.137 e. The number of anilines is 2. The molecule has 2 aliphatic rings. The molecule has 0 saturated carbocycles. The van der Waals surface area contributed by atoms with E-state index >= 15 is 0 Å². The molecular formula is C33H54N6O. The maximum atomic E-state index is 6.19. The fraction of sp³-hybridized carbons (Fsp3) is 0.697. The van der Waals surface area contributed by atoms with E-state index in [0.29, 0.717) is 18.7 Å². The second-order valence-electron chi connectivity index (χ2n) is 15.6. The molecule has 4 rings (SSSR count). The van der Waals surface area contributed by atoms with Gasteiger partial charge in [0.15, 0.2) is 0 Å². The van der Waals surface area contributed by atoms with Crippen molar-refractivity contribution in [1.29, 1.82) is 0 Å². The first-order valence-corrected chi connectivity index (χ1v) is 15.1. The number of nitrogens with zero attached hydrogens (tertiary/aromatic N) is 4. The predicted octanol–water partition coefficient (Wildman–Crippen LogP) is 5.79. The minimum atomic E-state index is 0.0671. The van der Waals surface area contributed by atoms with Gasteiger partial charge in [-0.3, -0.25) is 0 Å². The lowest BCUT2D eigenvalue weighted by Gasteiger charge is -2.45. The van der Waals surface area contributed by atoms with E-state index in [4.69, 9.17) is 9.72 Å². The molecular weight excluding hydrogens is 496 g/mol. The summed E-state index contributed by atoms with van der Waals surface area (Å²) in [6.45, 7) is 27.3. The minimum Gasteiger partial charge on any atom is -0.491 e. The standard InChI is InChI=1S/C33H54N6O/c1-30(2,3)24-11-13-28(34-17-24)39-21-26(22-39)37-33(9,10)16-15-32(7,8)23-40-27-12-14-29(35-18-27)38-19-25(20-38)36-31(4,5)6/h11-14,17-18,25-26,36-37H,15-16,19-23H2,1-10H3. The van der Waals surface area contributed by atoms with Gasteiger partial charge in [0.25, 0.3) is 0 Å². The number of aromatic nitrogens is 2. The van der Waals surface area contributed by atoms with E-state index in [1.807, 2.05) is 12.4 Å². The highest BCUT2D eigenvalue weighted by molar-refractivity contribution is 5.45. The summed E-state index contributed by atoms with van der Waals surface area (Å²) in [5.41, 5.74) is 1.71. The summed E-state index contributed by atoms with van der Waals surface area (Å²) in [7, 11) is 0. The van der Waals surface area contributed by atoms with Crippen LogP contribution >= 0.6 is 0 Å². The highest BCUT2D eigenvalue weighted by atomic mass is 16.5. The van der Waals surface area contributed by atoms with Gasteiger partial charge in [0, 0.05) is 55.5 Å². The second kappa shape index (κ2) is 11.5. The Labute approximate surface area is 243 Å². The molecule has 0 aromatic carbocycles. The van der Waals surface area contributed by atoms with Crippen molar-refractivity contribution in [2.45, 2.75) is 111 Å². The van der Waals surface area contributed by atoms with E-state index in [1.165, 1.54) is 5.56 Å². The van der Waals surface area contributed by atoms with Crippen molar-refractivity contribution in [3.8, 4) is 5.75 Å². The van der Waals surface area contributed by atoms with Crippen molar-refractivity contribution in [3.05, 3.63) is 42.2 Å². The molecule has 0 spiro atoms. The van der Waals surface area contributed by atoms with Crippen LogP contribution in [0.25, 0.3) is 0 Å². The summed E-state index contributed by atoms with van der Waals surface area (Å²) < 4.78 is 6.19. The zero-order chi connectivity index (χ0) is 29.3. The van der Waals surface area contributed by atoms with Crippen LogP contribution < -0.4 is 25.2 Å². The largest absolute Gasteiger partial charge is 0.491 e. The molecule has 0 bridgehead atoms. The van der Waals surface area contributed by atoms with E-state index < -0.39 is 0 Å². The van der Waals surface area contributed by atoms with E-state index in [1.54, 1.807) is 0 Å². The first-order valence-electron chi connectivity index (χ1n) is 15.1. The number of ether oxygens (including phenoxy) is 1. The third-order valence-electron chi connectivity index (χ3n) is 8.03. The zero-order valence-electron chi connectivity index (χ0n) is 26.8. The van der Waals surface area contributed by atoms with Gasteiger partial charge >= 0.3 is 0 Å². The van der Waals surface area contributed by atoms with Crippen molar-refractivity contribution >= 4 is 11.6 Å². The van der Waals surface area contributed by atoms with Gasteiger partial charge < -0.3 is 25.2 Å². The van der Waals surface area contributed by atoms with Gasteiger partial charge in [0.05, 0.1) is 12.8 Å². The SMILES string of the molecule is CC(C)(CCC(C)(C)NC1CN(c2ccc(C(C)(C)C)cn2)C1)COc1ccc(N2CC(NC(C)(C)C)C2)nc1. The van der Waals surface area contributed by atoms with Crippen LogP contribution in [0.5, 0.6) is 5.75 Å². The Balaban J connectivity index is 1.16. The number of rotatable bonds is 11. The molecule has 2 aromatic heterocycles. The average molecular weight is 551 g/mol. The lowest BCUT2D eigenvalue weighted by molar-refractivity contribution is 0.149. The Kier molecular flexibility index (Phi) is 8.77. The van der Waals surface area contributed by atoms with Gasteiger partial charge in [-0.25, -0.2) is 9.97 Å². The number of hydrogen-bond acceptors (Lipinski definition) is 7. The Morgan fingerprint density at radius 3 is 1.75 bits per heavy atom. The fourth-order valence-corrected chi connectivity index (χ4v) is 5.41. The molecule has 2 saturated heterocycles. The van der Waals surface area contributed by atoms with Crippen LogP contribution in [0.1, 0.15) is 87.6 Å². The summed E-state index contributed by atoms with van der Waals surface area (Å²) in [4.78, 5) is 14.1. The summed E-state index contributed by atoms with van der Waals surface area (Å²) in [6.07, 6.45) is 6.08. The Morgan fingerprint density at radius 2 is 1.27 bits per heavy atom. The Morgan fingerprint density at radius 1 is 0.725 bits per heavy atom. The van der Waals surface area contributed by atoms with Crippen LogP contribution in [-0.4, -0.2) is 65.9 Å². The quantitative estimate of drug-likeness (QED) is 0.367. The maximum absolute atomic E-state index is 6.19. The summed E-state index contributed by atoms with van der Waals surface area (Å²) in [5.74, 6) is 2.95. The molecule has 2 N–H and O–H groups in total. The summed E-state index contributed by atoms with van der Waals surface area (Å²) in [6, 6.07) is 9.55. The lowest BCUT2D eigenvalue weighted by atomic mass is 9.83. The van der Waals surface area contributed by atoms with Crippen molar-refractivity contribution in [3.63, 3.8) is 0 Å². The zero-order valence-corrected chi connectivity index (χ0v) is 26.8. The normalized spacial score (nSPS) is 17.6. The molecule has 2 aromatic rings. The maximum Gasteiger partial charge on any atom is 0.137 e. The molecule has 0 radical (unpaired) electrons. The molecule has 0 aliphatic carbocycles. The van der Waals surface area contributed by atoms with Crippen molar-refractivity contribution in [1.82, 2.24) is 20.6 Å². The molecule has 2 fully saturated rings. The Hall–Kier alpha value is -2.38. The molecule has 0 atom stereocenters. The van der Waals surface area contributed by atoms with Crippen LogP contribution in [0.4, 0.5) is 11.6 Å². The molecule has 7 heteroatoms. The number of nitrogens with one attached hydrogen (secondary N) is 2. The molecule has 0 amide bonds. The molecule has 222 valence electrons. The minimum absolute atomic E-state index is 0.0671. The Bertz CT molecular complexity index is 1090. The average Bonchev–Trinajstić information content (AvgIpc) is 2.80. The van der Waals surface area contributed by atoms with E-state index in [0.717, 1.165) is 56.4 Å². The van der Waals surface area contributed by atoms with Gasteiger partial charge in [-0.15, -0.1) is 0 Å². The van der Waals surface area contributed by atoms with Crippen LogP contribution in [-0.2, 0) is 5.41 Å². The molecule has 7 nitrogen and oxygen atoms in total. The summed E-state index contributed by atoms with van der Waals surface area (Å²) in [5, 5.41) is 7.54. The highest BCUT2D eigenvalue weighted by Gasteiger charge is 2.34. The number of pyridine rings is 2. The topological polar surface area (TPSA) is 65.6 Å². The molecule has 0 unspecified atom stereocenters. The van der Waals surface area contributed by atoms with Crippen molar-refractivity contribution in [2.24, 2.45) is 5.41 Å². The summed E-state index contributed by atoms with van der Waals surface area (Å²) >= 11 is 0. The highest BCUT2D eigenvalue weighted by Crippen LogP contribution is 2.30. The fourth-order valence-electron chi connectivity index (χ4n) is 5.41. The van der Waals surface area contributed by atoms with Gasteiger partial charge in [-0.1, -0.05) is 40.7 Å². The van der Waals surface area contributed by atoms with Crippen molar-refractivity contribution in [2.75, 3.05) is 42.6 Å². The third-order valence-corrected chi connectivity index (χ3v) is 8.03. The van der Waals surface area contributed by atoms with Crippen LogP contribution in [0.2, 0.25) is 0 Å².